The molecule has 45 heavy (non-hydrogen) atoms. The van der Waals surface area contributed by atoms with Crippen molar-refractivity contribution in [1.29, 1.82) is 0 Å². The summed E-state index contributed by atoms with van der Waals surface area (Å²) in [6, 6.07) is 32.1. The molecular weight excluding hydrogens is 554 g/mol. The zero-order valence-corrected chi connectivity index (χ0v) is 26.5. The number of ether oxygens (including phenoxy) is 2. The molecule has 3 aliphatic rings. The van der Waals surface area contributed by atoms with Gasteiger partial charge in [-0.25, -0.2) is 9.98 Å². The van der Waals surface area contributed by atoms with Crippen LogP contribution in [0, 0.1) is 20.8 Å². The van der Waals surface area contributed by atoms with E-state index in [9.17, 15) is 0 Å². The maximum absolute atomic E-state index is 6.62. The van der Waals surface area contributed by atoms with Crippen molar-refractivity contribution >= 4 is 23.1 Å². The van der Waals surface area contributed by atoms with E-state index in [-0.39, 0.29) is 17.6 Å². The van der Waals surface area contributed by atoms with E-state index >= 15 is 0 Å². The zero-order chi connectivity index (χ0) is 30.9. The molecule has 5 nitrogen and oxygen atoms in total. The van der Waals surface area contributed by atoms with Crippen molar-refractivity contribution in [3.63, 3.8) is 0 Å². The molecule has 0 spiro atoms. The minimum absolute atomic E-state index is 0.0433. The first-order valence-electron chi connectivity index (χ1n) is 15.9. The fourth-order valence-electron chi connectivity index (χ4n) is 7.47. The van der Waals surface area contributed by atoms with E-state index in [1.165, 1.54) is 27.8 Å². The van der Waals surface area contributed by atoms with E-state index in [4.69, 9.17) is 19.5 Å². The summed E-state index contributed by atoms with van der Waals surface area (Å²) in [6.07, 6.45) is 3.96. The van der Waals surface area contributed by atoms with E-state index in [1.54, 1.807) is 0 Å². The number of anilines is 3. The molecule has 1 aromatic heterocycles. The van der Waals surface area contributed by atoms with Crippen molar-refractivity contribution in [1.82, 2.24) is 4.98 Å². The average Bonchev–Trinajstić information content (AvgIpc) is 3.46. The van der Waals surface area contributed by atoms with Crippen LogP contribution in [0.5, 0.6) is 11.5 Å². The van der Waals surface area contributed by atoms with Crippen LogP contribution in [0.25, 0.3) is 0 Å². The first-order valence-corrected chi connectivity index (χ1v) is 15.9. The molecular formula is C40H37N3O2. The van der Waals surface area contributed by atoms with Crippen molar-refractivity contribution in [3.05, 3.63) is 142 Å². The summed E-state index contributed by atoms with van der Waals surface area (Å²) in [5.41, 5.74) is 11.7. The third-order valence-electron chi connectivity index (χ3n) is 9.63. The topological polar surface area (TPSA) is 47.0 Å². The molecule has 224 valence electrons. The molecule has 3 heterocycles. The Kier molecular flexibility index (Phi) is 6.35. The SMILES string of the molecule is Cc1cc(Oc2cc(C)cc(N3c4ccccc4C(C)(C)c4cccnc43)c2)cc(C2=N[C@@H]3c4cccc(C)c4CC[C@@H]3O2)c1. The Bertz CT molecular complexity index is 1960. The molecule has 0 amide bonds. The summed E-state index contributed by atoms with van der Waals surface area (Å²) in [5, 5.41) is 0. The lowest BCUT2D eigenvalue weighted by atomic mass is 9.74. The molecule has 0 saturated heterocycles. The highest BCUT2D eigenvalue weighted by atomic mass is 16.5. The van der Waals surface area contributed by atoms with Gasteiger partial charge < -0.3 is 9.47 Å². The van der Waals surface area contributed by atoms with Gasteiger partial charge in [0, 0.05) is 28.8 Å². The van der Waals surface area contributed by atoms with Gasteiger partial charge in [-0.2, -0.15) is 0 Å². The van der Waals surface area contributed by atoms with Crippen molar-refractivity contribution in [2.45, 2.75) is 65.0 Å². The van der Waals surface area contributed by atoms with Gasteiger partial charge >= 0.3 is 0 Å². The first kappa shape index (κ1) is 27.6. The number of aromatic nitrogens is 1. The van der Waals surface area contributed by atoms with Crippen molar-refractivity contribution < 1.29 is 9.47 Å². The number of rotatable bonds is 4. The van der Waals surface area contributed by atoms with E-state index in [0.29, 0.717) is 5.90 Å². The minimum Gasteiger partial charge on any atom is -0.471 e. The Morgan fingerprint density at radius 1 is 0.822 bits per heavy atom. The van der Waals surface area contributed by atoms with Crippen molar-refractivity contribution in [2.75, 3.05) is 4.90 Å². The standard InChI is InChI=1S/C40H37N3O2/c1-24-18-27(39-42-37-32-11-8-10-26(3)31(32)15-16-36(37)45-39)22-29(20-24)44-30-21-25(2)19-28(23-30)43-35-14-7-6-12-33(35)40(4,5)34-13-9-17-41-38(34)43/h6-14,17-23,36-37H,15-16H2,1-5H3/t36-,37+/m0/s1. The van der Waals surface area contributed by atoms with Crippen LogP contribution >= 0.6 is 0 Å². The quantitative estimate of drug-likeness (QED) is 0.209. The van der Waals surface area contributed by atoms with Crippen LogP contribution in [0.3, 0.4) is 0 Å². The van der Waals surface area contributed by atoms with Crippen LogP contribution in [0.1, 0.15) is 70.8 Å². The Labute approximate surface area is 265 Å². The van der Waals surface area contributed by atoms with Gasteiger partial charge in [-0.05, 0) is 109 Å². The molecule has 0 N–H and O–H groups in total. The number of aryl methyl sites for hydroxylation is 3. The number of benzene rings is 4. The number of fused-ring (bicyclic) bond motifs is 5. The molecule has 8 rings (SSSR count). The number of hydrogen-bond donors (Lipinski definition) is 0. The van der Waals surface area contributed by atoms with Crippen LogP contribution in [0.2, 0.25) is 0 Å². The predicted molar refractivity (Wildman–Crippen MR) is 181 cm³/mol. The second-order valence-electron chi connectivity index (χ2n) is 13.2. The highest BCUT2D eigenvalue weighted by molar-refractivity contribution is 5.96. The van der Waals surface area contributed by atoms with Gasteiger partial charge in [-0.1, -0.05) is 56.3 Å². The average molecular weight is 592 g/mol. The van der Waals surface area contributed by atoms with Gasteiger partial charge in [-0.3, -0.25) is 4.90 Å². The van der Waals surface area contributed by atoms with E-state index in [1.807, 2.05) is 12.3 Å². The van der Waals surface area contributed by atoms with Gasteiger partial charge in [0.25, 0.3) is 0 Å². The van der Waals surface area contributed by atoms with Crippen LogP contribution in [0.4, 0.5) is 17.2 Å². The van der Waals surface area contributed by atoms with E-state index in [0.717, 1.165) is 58.2 Å². The first-order chi connectivity index (χ1) is 21.8. The second-order valence-corrected chi connectivity index (χ2v) is 13.2. The van der Waals surface area contributed by atoms with Gasteiger partial charge in [0.2, 0.25) is 5.90 Å². The van der Waals surface area contributed by atoms with Gasteiger partial charge in [0.1, 0.15) is 29.5 Å². The van der Waals surface area contributed by atoms with Crippen molar-refractivity contribution in [2.24, 2.45) is 4.99 Å². The van der Waals surface area contributed by atoms with E-state index in [2.05, 4.69) is 124 Å². The molecule has 4 aromatic carbocycles. The molecule has 1 aliphatic carbocycles. The summed E-state index contributed by atoms with van der Waals surface area (Å²) in [7, 11) is 0. The molecule has 0 fully saturated rings. The summed E-state index contributed by atoms with van der Waals surface area (Å²) in [6.45, 7) is 10.9. The largest absolute Gasteiger partial charge is 0.471 e. The monoisotopic (exact) mass is 591 g/mol. The summed E-state index contributed by atoms with van der Waals surface area (Å²) < 4.78 is 13.1. The molecule has 0 unspecified atom stereocenters. The fourth-order valence-corrected chi connectivity index (χ4v) is 7.47. The molecule has 0 saturated carbocycles. The third-order valence-corrected chi connectivity index (χ3v) is 9.63. The lowest BCUT2D eigenvalue weighted by Gasteiger charge is -2.41. The third kappa shape index (κ3) is 4.61. The Morgan fingerprint density at radius 3 is 2.47 bits per heavy atom. The van der Waals surface area contributed by atoms with Crippen LogP contribution in [-0.4, -0.2) is 17.0 Å². The van der Waals surface area contributed by atoms with Gasteiger partial charge in [0.05, 0.1) is 11.4 Å². The zero-order valence-electron chi connectivity index (χ0n) is 26.5. The number of hydrogen-bond acceptors (Lipinski definition) is 5. The number of pyridine rings is 1. The maximum Gasteiger partial charge on any atom is 0.217 e. The fraction of sp³-hybridized carbons (Fsp3) is 0.250. The smallest absolute Gasteiger partial charge is 0.217 e. The molecule has 0 bridgehead atoms. The number of nitrogens with zero attached hydrogens (tertiary/aromatic N) is 3. The van der Waals surface area contributed by atoms with Gasteiger partial charge in [-0.15, -0.1) is 0 Å². The summed E-state index contributed by atoms with van der Waals surface area (Å²) in [5.74, 6) is 3.18. The lowest BCUT2D eigenvalue weighted by Crippen LogP contribution is -2.31. The normalized spacial score (nSPS) is 19.0. The number of para-hydroxylation sites is 1. The Hall–Kier alpha value is -4.90. The van der Waals surface area contributed by atoms with Crippen LogP contribution in [0.15, 0.2) is 102 Å². The second kappa shape index (κ2) is 10.3. The van der Waals surface area contributed by atoms with Crippen LogP contribution in [-0.2, 0) is 16.6 Å². The molecule has 5 aromatic rings. The summed E-state index contributed by atoms with van der Waals surface area (Å²) >= 11 is 0. The van der Waals surface area contributed by atoms with Gasteiger partial charge in [0.15, 0.2) is 0 Å². The molecule has 5 heteroatoms. The van der Waals surface area contributed by atoms with E-state index < -0.39 is 0 Å². The number of aliphatic imine (C=N–C) groups is 1. The van der Waals surface area contributed by atoms with Crippen LogP contribution < -0.4 is 9.64 Å². The minimum atomic E-state index is -0.165. The van der Waals surface area contributed by atoms with Crippen molar-refractivity contribution in [3.8, 4) is 11.5 Å². The molecule has 2 atom stereocenters. The highest BCUT2D eigenvalue weighted by Crippen LogP contribution is 2.51. The summed E-state index contributed by atoms with van der Waals surface area (Å²) in [4.78, 5) is 12.3. The molecule has 2 aliphatic heterocycles. The predicted octanol–water partition coefficient (Wildman–Crippen LogP) is 9.74. The highest BCUT2D eigenvalue weighted by Gasteiger charge is 2.39. The lowest BCUT2D eigenvalue weighted by molar-refractivity contribution is 0.174. The molecule has 0 radical (unpaired) electrons. The Balaban J connectivity index is 1.14. The maximum atomic E-state index is 6.62. The Morgan fingerprint density at radius 2 is 1.60 bits per heavy atom.